The zero-order valence-electron chi connectivity index (χ0n) is 29.2. The van der Waals surface area contributed by atoms with Crippen molar-refractivity contribution in [1.82, 2.24) is 39.3 Å². The predicted octanol–water partition coefficient (Wildman–Crippen LogP) is 6.70. The molecule has 4 heterocycles. The number of aryl methyl sites for hydroxylation is 1. The Morgan fingerprint density at radius 2 is 1.58 bits per heavy atom. The van der Waals surface area contributed by atoms with Gasteiger partial charge in [-0.15, -0.1) is 16.9 Å². The number of imidazole rings is 1. The Balaban J connectivity index is 1.30. The summed E-state index contributed by atoms with van der Waals surface area (Å²) in [5, 5.41) is 31.6. The molecule has 4 aromatic heterocycles. The summed E-state index contributed by atoms with van der Waals surface area (Å²) in [6.07, 6.45) is 1.91. The second kappa shape index (κ2) is 15.0. The largest absolute Gasteiger partial charge is 0.327 e. The smallest absolute Gasteiger partial charge is 0.279 e. The van der Waals surface area contributed by atoms with Gasteiger partial charge in [0.2, 0.25) is 10.5 Å². The van der Waals surface area contributed by atoms with Crippen LogP contribution >= 0.6 is 23.1 Å². The predicted molar refractivity (Wildman–Crippen MR) is 211 cm³/mol. The number of ketones is 1. The third-order valence-electron chi connectivity index (χ3n) is 8.46. The van der Waals surface area contributed by atoms with E-state index >= 15 is 0 Å². The molecule has 0 unspecified atom stereocenters. The van der Waals surface area contributed by atoms with E-state index in [1.54, 1.807) is 41.1 Å². The number of nitrogens with zero attached hydrogens (tertiary/aromatic N) is 10. The summed E-state index contributed by atoms with van der Waals surface area (Å²) in [7, 11) is 1.91. The molecular formula is C39H28N12O2S2. The Morgan fingerprint density at radius 3 is 2.29 bits per heavy atom. The highest BCUT2D eigenvalue weighted by atomic mass is 32.2. The van der Waals surface area contributed by atoms with E-state index in [0.717, 1.165) is 27.9 Å². The molecule has 0 aliphatic heterocycles. The van der Waals surface area contributed by atoms with Crippen molar-refractivity contribution in [3.63, 3.8) is 0 Å². The van der Waals surface area contributed by atoms with E-state index in [4.69, 9.17) is 15.2 Å². The van der Waals surface area contributed by atoms with Gasteiger partial charge in [-0.25, -0.2) is 9.67 Å². The molecule has 1 amide bonds. The summed E-state index contributed by atoms with van der Waals surface area (Å²) in [6.45, 7) is 0. The van der Waals surface area contributed by atoms with Crippen molar-refractivity contribution in [3.05, 3.63) is 137 Å². The van der Waals surface area contributed by atoms with Gasteiger partial charge in [-0.3, -0.25) is 20.1 Å². The number of hydrogen-bond donors (Lipinski definition) is 2. The van der Waals surface area contributed by atoms with Gasteiger partial charge < -0.3 is 4.57 Å². The lowest BCUT2D eigenvalue weighted by molar-refractivity contribution is 0.0997. The van der Waals surface area contributed by atoms with Crippen molar-refractivity contribution in [2.45, 2.75) is 5.03 Å². The molecule has 268 valence electrons. The third-order valence-corrected chi connectivity index (χ3v) is 10.0. The van der Waals surface area contributed by atoms with Gasteiger partial charge >= 0.3 is 0 Å². The molecule has 4 aromatic carbocycles. The van der Waals surface area contributed by atoms with Gasteiger partial charge in [0, 0.05) is 24.2 Å². The minimum absolute atomic E-state index is 0.0632. The number of carbonyl (C=O) groups excluding carboxylic acids is 2. The number of thioether (sulfide) groups is 1. The second-order valence-electron chi connectivity index (χ2n) is 11.9. The summed E-state index contributed by atoms with van der Waals surface area (Å²) in [6, 6.07) is 38.8. The maximum Gasteiger partial charge on any atom is 0.279 e. The van der Waals surface area contributed by atoms with Crippen LogP contribution in [0.25, 0.3) is 45.2 Å². The maximum absolute atomic E-state index is 14.1. The number of hydrazone groups is 1. The van der Waals surface area contributed by atoms with E-state index < -0.39 is 17.4 Å². The van der Waals surface area contributed by atoms with Crippen molar-refractivity contribution in [3.8, 4) is 40.2 Å². The van der Waals surface area contributed by atoms with Gasteiger partial charge in [-0.2, -0.15) is 30.2 Å². The van der Waals surface area contributed by atoms with Gasteiger partial charge in [-0.1, -0.05) is 90.2 Å². The monoisotopic (exact) mass is 760 g/mol. The summed E-state index contributed by atoms with van der Waals surface area (Å²) in [4.78, 5) is 37.3. The zero-order valence-corrected chi connectivity index (χ0v) is 30.8. The van der Waals surface area contributed by atoms with Crippen molar-refractivity contribution in [2.24, 2.45) is 17.1 Å². The number of aromatic nitrogens is 8. The third kappa shape index (κ3) is 6.76. The van der Waals surface area contributed by atoms with Crippen LogP contribution in [0.4, 0.5) is 5.82 Å². The van der Waals surface area contributed by atoms with Gasteiger partial charge in [0.1, 0.15) is 22.7 Å². The number of para-hydroxylation sites is 3. The minimum atomic E-state index is -0.787. The Kier molecular flexibility index (Phi) is 9.52. The summed E-state index contributed by atoms with van der Waals surface area (Å²) < 4.78 is 5.06. The lowest BCUT2D eigenvalue weighted by atomic mass is 10.2. The number of hydrogen-bond acceptors (Lipinski definition) is 11. The Labute approximate surface area is 321 Å². The topological polar surface area (TPSA) is 177 Å². The van der Waals surface area contributed by atoms with E-state index in [2.05, 4.69) is 25.7 Å². The number of amides is 1. The van der Waals surface area contributed by atoms with Crippen LogP contribution in [0.2, 0.25) is 0 Å². The van der Waals surface area contributed by atoms with Crippen LogP contribution in [0.5, 0.6) is 0 Å². The van der Waals surface area contributed by atoms with Gasteiger partial charge in [0.25, 0.3) is 11.7 Å². The maximum atomic E-state index is 14.1. The number of carbonyl (C=O) groups is 2. The first kappa shape index (κ1) is 34.8. The lowest BCUT2D eigenvalue weighted by Gasteiger charge is -2.10. The molecular weight excluding hydrogens is 733 g/mol. The molecule has 8 aromatic rings. The van der Waals surface area contributed by atoms with E-state index in [9.17, 15) is 14.9 Å². The Hall–Kier alpha value is -7.22. The number of benzene rings is 4. The van der Waals surface area contributed by atoms with Crippen molar-refractivity contribution >= 4 is 57.4 Å². The fraction of sp³-hybridized carbons (Fsp3) is 0.0513. The molecule has 2 N–H and O–H groups in total. The minimum Gasteiger partial charge on any atom is -0.327 e. The van der Waals surface area contributed by atoms with E-state index in [1.807, 2.05) is 109 Å². The van der Waals surface area contributed by atoms with Gasteiger partial charge in [0.15, 0.2) is 10.8 Å². The number of nitrogens with one attached hydrogen (secondary N) is 2. The first-order chi connectivity index (χ1) is 26.9. The molecule has 8 rings (SSSR count). The normalized spacial score (nSPS) is 11.9. The van der Waals surface area contributed by atoms with Crippen LogP contribution in [0.1, 0.15) is 20.2 Å². The number of Topliss-reactive ketones (excluding diaryl/α,β-unsaturated/α-hetero) is 1. The summed E-state index contributed by atoms with van der Waals surface area (Å²) in [5.41, 5.74) is 7.05. The van der Waals surface area contributed by atoms with Gasteiger partial charge in [-0.05, 0) is 42.7 Å². The van der Waals surface area contributed by atoms with E-state index in [0.29, 0.717) is 45.0 Å². The molecule has 16 heteroatoms. The van der Waals surface area contributed by atoms with Crippen LogP contribution in [0.3, 0.4) is 0 Å². The summed E-state index contributed by atoms with van der Waals surface area (Å²) in [5.74, 6) is -0.0225. The molecule has 55 heavy (non-hydrogen) atoms. The average molecular weight is 761 g/mol. The zero-order chi connectivity index (χ0) is 37.9. The Bertz CT molecular complexity index is 2840. The molecule has 14 nitrogen and oxygen atoms in total. The highest BCUT2D eigenvalue weighted by Gasteiger charge is 2.30. The van der Waals surface area contributed by atoms with Crippen molar-refractivity contribution in [1.29, 1.82) is 5.26 Å². The number of H-pyrrole nitrogens is 1. The van der Waals surface area contributed by atoms with Gasteiger partial charge in [0.05, 0.1) is 28.0 Å². The number of rotatable bonds is 10. The second-order valence-corrected chi connectivity index (χ2v) is 13.6. The quantitative estimate of drug-likeness (QED) is 0.0665. The van der Waals surface area contributed by atoms with Crippen molar-refractivity contribution < 1.29 is 9.59 Å². The van der Waals surface area contributed by atoms with Crippen LogP contribution in [-0.4, -0.2) is 63.0 Å². The molecule has 0 saturated heterocycles. The molecule has 0 bridgehead atoms. The SMILES string of the molecule is CSc1nn(-c2ccccc2)c(-n2nc(C(=O)/C(C#N)=N\Nc3cc(-c4ccccc4)n[nH]3)sc2=NC(=O)c2ccccc2)c1-c1nc2ccccc2n1C. The van der Waals surface area contributed by atoms with Crippen LogP contribution < -0.4 is 10.2 Å². The highest BCUT2D eigenvalue weighted by molar-refractivity contribution is 7.98. The molecule has 0 spiro atoms. The molecule has 0 atom stereocenters. The fourth-order valence-electron chi connectivity index (χ4n) is 5.84. The van der Waals surface area contributed by atoms with Crippen LogP contribution in [-0.2, 0) is 7.05 Å². The van der Waals surface area contributed by atoms with E-state index in [1.165, 1.54) is 16.4 Å². The summed E-state index contributed by atoms with van der Waals surface area (Å²) >= 11 is 2.26. The van der Waals surface area contributed by atoms with Crippen LogP contribution in [0.15, 0.2) is 136 Å². The Morgan fingerprint density at radius 1 is 0.891 bits per heavy atom. The standard InChI is InChI=1S/C39H28N12O2S2/c1-49-30-21-13-12-20-27(30)41-34(49)32-36(54-2)47-50(26-18-10-5-11-19-26)38(32)51-39(42-35(53)25-16-8-4-9-17-25)55-37(48-51)33(52)29(23-40)44-46-31-22-28(43-45-31)24-14-6-3-7-15-24/h3-22H,1-2H3,(H2,43,45,46)/b42-39?,44-29-. The number of anilines is 1. The fourth-order valence-corrected chi connectivity index (χ4v) is 7.21. The first-order valence-electron chi connectivity index (χ1n) is 16.7. The molecule has 0 aliphatic carbocycles. The molecule has 0 fully saturated rings. The highest BCUT2D eigenvalue weighted by Crippen LogP contribution is 2.37. The number of fused-ring (bicyclic) bond motifs is 1. The molecule has 0 aliphatic rings. The lowest BCUT2D eigenvalue weighted by Crippen LogP contribution is -2.21. The molecule has 0 radical (unpaired) electrons. The first-order valence-corrected chi connectivity index (χ1v) is 18.8. The van der Waals surface area contributed by atoms with Crippen molar-refractivity contribution in [2.75, 3.05) is 11.7 Å². The number of aromatic amines is 1. The van der Waals surface area contributed by atoms with E-state index in [-0.39, 0.29) is 9.81 Å². The molecule has 0 saturated carbocycles. The number of nitriles is 1. The average Bonchev–Trinajstić information content (AvgIpc) is 4.03. The van der Waals surface area contributed by atoms with Crippen LogP contribution in [0, 0.1) is 11.3 Å².